The Labute approximate surface area is 114 Å². The largest absolute Gasteiger partial charge is 0.476 e. The van der Waals surface area contributed by atoms with Gasteiger partial charge in [-0.3, -0.25) is 4.68 Å². The lowest BCUT2D eigenvalue weighted by atomic mass is 10.2. The van der Waals surface area contributed by atoms with Gasteiger partial charge < -0.3 is 5.11 Å². The molecule has 0 atom stereocenters. The minimum Gasteiger partial charge on any atom is -0.476 e. The Kier molecular flexibility index (Phi) is 3.84. The molecule has 2 rings (SSSR count). The van der Waals surface area contributed by atoms with Crippen molar-refractivity contribution < 1.29 is 9.90 Å². The van der Waals surface area contributed by atoms with Crippen molar-refractivity contribution >= 4 is 17.7 Å². The van der Waals surface area contributed by atoms with Crippen LogP contribution in [0.2, 0.25) is 0 Å². The maximum Gasteiger partial charge on any atom is 0.355 e. The number of aryl methyl sites for hydroxylation is 1. The predicted molar refractivity (Wildman–Crippen MR) is 70.4 cm³/mol. The van der Waals surface area contributed by atoms with Crippen LogP contribution in [0.5, 0.6) is 0 Å². The summed E-state index contributed by atoms with van der Waals surface area (Å²) in [6.07, 6.45) is 5.04. The minimum atomic E-state index is -1.05. The van der Waals surface area contributed by atoms with Crippen LogP contribution >= 0.6 is 11.8 Å². The number of nitrogens with zero attached hydrogens (tertiary/aromatic N) is 4. The summed E-state index contributed by atoms with van der Waals surface area (Å²) >= 11 is 1.29. The Balaban J connectivity index is 2.36. The molecule has 0 spiro atoms. The van der Waals surface area contributed by atoms with Crippen molar-refractivity contribution in [1.29, 1.82) is 0 Å². The molecule has 0 aliphatic heterocycles. The molecule has 1 N–H and O–H groups in total. The summed E-state index contributed by atoms with van der Waals surface area (Å²) in [7, 11) is 1.81. The molecule has 0 bridgehead atoms. The Hall–Kier alpha value is -1.89. The van der Waals surface area contributed by atoms with Crippen molar-refractivity contribution in [1.82, 2.24) is 19.7 Å². The second-order valence-corrected chi connectivity index (χ2v) is 5.47. The van der Waals surface area contributed by atoms with Gasteiger partial charge in [-0.2, -0.15) is 5.10 Å². The molecule has 0 radical (unpaired) electrons. The zero-order chi connectivity index (χ0) is 14.0. The molecule has 0 saturated carbocycles. The van der Waals surface area contributed by atoms with Gasteiger partial charge in [-0.1, -0.05) is 25.6 Å². The van der Waals surface area contributed by atoms with E-state index in [1.54, 1.807) is 24.1 Å². The number of hydrogen-bond acceptors (Lipinski definition) is 5. The molecular weight excluding hydrogens is 264 g/mol. The SMILES string of the molecule is CC(C)c1ncc(Sc2cnn(C)c2)c(C(=O)O)n1. The maximum absolute atomic E-state index is 11.3. The molecule has 0 aliphatic carbocycles. The number of rotatable bonds is 4. The van der Waals surface area contributed by atoms with Gasteiger partial charge in [0.15, 0.2) is 5.69 Å². The standard InChI is InChI=1S/C12H14N4O2S/c1-7(2)11-13-5-9(10(15-11)12(17)18)19-8-4-14-16(3)6-8/h4-7H,1-3H3,(H,17,18). The first-order chi connectivity index (χ1) is 8.97. The smallest absolute Gasteiger partial charge is 0.355 e. The minimum absolute atomic E-state index is 0.0348. The van der Waals surface area contributed by atoms with Crippen LogP contribution in [0.15, 0.2) is 28.4 Å². The molecule has 7 heteroatoms. The summed E-state index contributed by atoms with van der Waals surface area (Å²) in [5.41, 5.74) is 0.0348. The predicted octanol–water partition coefficient (Wildman–Crippen LogP) is 2.18. The second-order valence-electron chi connectivity index (χ2n) is 4.35. The van der Waals surface area contributed by atoms with E-state index in [4.69, 9.17) is 0 Å². The molecule has 0 amide bonds. The van der Waals surface area contributed by atoms with E-state index in [-0.39, 0.29) is 11.6 Å². The third-order valence-corrected chi connectivity index (χ3v) is 3.37. The van der Waals surface area contributed by atoms with E-state index in [1.165, 1.54) is 11.8 Å². The first-order valence-electron chi connectivity index (χ1n) is 5.74. The summed E-state index contributed by atoms with van der Waals surface area (Å²) < 4.78 is 1.66. The fourth-order valence-electron chi connectivity index (χ4n) is 1.47. The number of aromatic carboxylic acids is 1. The summed E-state index contributed by atoms with van der Waals surface area (Å²) in [6.45, 7) is 3.85. The Morgan fingerprint density at radius 2 is 2.16 bits per heavy atom. The van der Waals surface area contributed by atoms with Crippen molar-refractivity contribution in [3.05, 3.63) is 30.1 Å². The third kappa shape index (κ3) is 3.11. The highest BCUT2D eigenvalue weighted by atomic mass is 32.2. The maximum atomic E-state index is 11.3. The molecule has 0 aromatic carbocycles. The van der Waals surface area contributed by atoms with Crippen LogP contribution < -0.4 is 0 Å². The van der Waals surface area contributed by atoms with Crippen LogP contribution in [0.25, 0.3) is 0 Å². The highest BCUT2D eigenvalue weighted by Crippen LogP contribution is 2.29. The molecule has 19 heavy (non-hydrogen) atoms. The van der Waals surface area contributed by atoms with Crippen LogP contribution in [-0.4, -0.2) is 30.8 Å². The van der Waals surface area contributed by atoms with Crippen LogP contribution in [-0.2, 0) is 7.05 Å². The molecule has 0 unspecified atom stereocenters. The number of aromatic nitrogens is 4. The summed E-state index contributed by atoms with van der Waals surface area (Å²) in [5.74, 6) is -0.417. The molecule has 2 aromatic heterocycles. The zero-order valence-corrected chi connectivity index (χ0v) is 11.7. The van der Waals surface area contributed by atoms with Crippen molar-refractivity contribution in [2.75, 3.05) is 0 Å². The van der Waals surface area contributed by atoms with E-state index in [1.807, 2.05) is 20.0 Å². The summed E-state index contributed by atoms with van der Waals surface area (Å²) in [6, 6.07) is 0. The topological polar surface area (TPSA) is 80.9 Å². The van der Waals surface area contributed by atoms with E-state index < -0.39 is 5.97 Å². The number of carbonyl (C=O) groups is 1. The third-order valence-electron chi connectivity index (χ3n) is 2.40. The van der Waals surface area contributed by atoms with Gasteiger partial charge in [0, 0.05) is 25.4 Å². The second kappa shape index (κ2) is 5.40. The quantitative estimate of drug-likeness (QED) is 0.923. The number of carboxylic acid groups (broad SMARTS) is 1. The van der Waals surface area contributed by atoms with Crippen LogP contribution in [0.3, 0.4) is 0 Å². The molecule has 2 aromatic rings. The number of carboxylic acids is 1. The van der Waals surface area contributed by atoms with Crippen LogP contribution in [0.4, 0.5) is 0 Å². The van der Waals surface area contributed by atoms with Crippen molar-refractivity contribution in [3.8, 4) is 0 Å². The Morgan fingerprint density at radius 3 is 2.68 bits per heavy atom. The lowest BCUT2D eigenvalue weighted by Crippen LogP contribution is -2.08. The van der Waals surface area contributed by atoms with Gasteiger partial charge >= 0.3 is 5.97 Å². The van der Waals surface area contributed by atoms with E-state index in [0.29, 0.717) is 10.7 Å². The summed E-state index contributed by atoms with van der Waals surface area (Å²) in [4.78, 5) is 21.0. The molecule has 0 fully saturated rings. The van der Waals surface area contributed by atoms with Gasteiger partial charge in [0.1, 0.15) is 5.82 Å². The first kappa shape index (κ1) is 13.5. The van der Waals surface area contributed by atoms with Gasteiger partial charge in [-0.15, -0.1) is 0 Å². The van der Waals surface area contributed by atoms with Crippen LogP contribution in [0, 0.1) is 0 Å². The monoisotopic (exact) mass is 278 g/mol. The molecule has 100 valence electrons. The van der Waals surface area contributed by atoms with Gasteiger partial charge in [-0.05, 0) is 0 Å². The zero-order valence-electron chi connectivity index (χ0n) is 10.9. The van der Waals surface area contributed by atoms with Crippen molar-refractivity contribution in [3.63, 3.8) is 0 Å². The highest BCUT2D eigenvalue weighted by molar-refractivity contribution is 7.99. The van der Waals surface area contributed by atoms with Gasteiger partial charge in [0.2, 0.25) is 0 Å². The van der Waals surface area contributed by atoms with E-state index in [9.17, 15) is 9.90 Å². The molecular formula is C12H14N4O2S. The Bertz CT molecular complexity index is 610. The molecule has 2 heterocycles. The van der Waals surface area contributed by atoms with Gasteiger partial charge in [0.05, 0.1) is 16.0 Å². The van der Waals surface area contributed by atoms with Crippen molar-refractivity contribution in [2.45, 2.75) is 29.6 Å². The first-order valence-corrected chi connectivity index (χ1v) is 6.55. The van der Waals surface area contributed by atoms with Gasteiger partial charge in [0.25, 0.3) is 0 Å². The van der Waals surface area contributed by atoms with Gasteiger partial charge in [-0.25, -0.2) is 14.8 Å². The van der Waals surface area contributed by atoms with E-state index in [0.717, 1.165) is 4.90 Å². The molecule has 6 nitrogen and oxygen atoms in total. The molecule has 0 aliphatic rings. The lowest BCUT2D eigenvalue weighted by molar-refractivity contribution is 0.0685. The average molecular weight is 278 g/mol. The normalized spacial score (nSPS) is 10.9. The van der Waals surface area contributed by atoms with E-state index >= 15 is 0 Å². The Morgan fingerprint density at radius 1 is 1.42 bits per heavy atom. The van der Waals surface area contributed by atoms with Crippen LogP contribution in [0.1, 0.15) is 36.1 Å². The number of hydrogen-bond donors (Lipinski definition) is 1. The fourth-order valence-corrected chi connectivity index (χ4v) is 2.36. The molecule has 0 saturated heterocycles. The van der Waals surface area contributed by atoms with E-state index in [2.05, 4.69) is 15.1 Å². The lowest BCUT2D eigenvalue weighted by Gasteiger charge is -2.07. The fraction of sp³-hybridized carbons (Fsp3) is 0.333. The average Bonchev–Trinajstić information content (AvgIpc) is 2.74. The summed E-state index contributed by atoms with van der Waals surface area (Å²) in [5, 5.41) is 13.3. The van der Waals surface area contributed by atoms with Crippen molar-refractivity contribution in [2.24, 2.45) is 7.05 Å². The highest BCUT2D eigenvalue weighted by Gasteiger charge is 2.17.